The van der Waals surface area contributed by atoms with Crippen LogP contribution in [0.2, 0.25) is 5.02 Å². The van der Waals surface area contributed by atoms with Gasteiger partial charge in [-0.05, 0) is 54.8 Å². The first-order valence-electron chi connectivity index (χ1n) is 6.55. The molecule has 2 aromatic carbocycles. The van der Waals surface area contributed by atoms with Crippen molar-refractivity contribution < 1.29 is 9.53 Å². The maximum atomic E-state index is 11.2. The molecule has 0 N–H and O–H groups in total. The van der Waals surface area contributed by atoms with Gasteiger partial charge >= 0.3 is 0 Å². The molecule has 0 unspecified atom stereocenters. The smallest absolute Gasteiger partial charge is 0.150 e. The molecule has 0 radical (unpaired) electrons. The second-order valence-corrected chi connectivity index (χ2v) is 6.15. The van der Waals surface area contributed by atoms with Gasteiger partial charge < -0.3 is 4.74 Å². The van der Waals surface area contributed by atoms with Crippen LogP contribution >= 0.6 is 11.6 Å². The zero-order valence-electron chi connectivity index (χ0n) is 11.4. The van der Waals surface area contributed by atoms with E-state index < -0.39 is 0 Å². The minimum Gasteiger partial charge on any atom is -0.487 e. The van der Waals surface area contributed by atoms with Crippen molar-refractivity contribution in [1.29, 1.82) is 0 Å². The number of hydrogen-bond donors (Lipinski definition) is 0. The third-order valence-electron chi connectivity index (χ3n) is 3.51. The first-order valence-corrected chi connectivity index (χ1v) is 6.93. The van der Waals surface area contributed by atoms with Crippen molar-refractivity contribution in [3.8, 4) is 16.9 Å². The molecule has 3 heteroatoms. The van der Waals surface area contributed by atoms with Crippen LogP contribution in [0.15, 0.2) is 36.4 Å². The van der Waals surface area contributed by atoms with Crippen molar-refractivity contribution in [3.05, 3.63) is 52.5 Å². The van der Waals surface area contributed by atoms with Gasteiger partial charge in [-0.2, -0.15) is 0 Å². The van der Waals surface area contributed by atoms with Crippen molar-refractivity contribution in [2.24, 2.45) is 0 Å². The number of carbonyl (C=O) groups excluding carboxylic acids is 1. The van der Waals surface area contributed by atoms with Crippen molar-refractivity contribution in [2.75, 3.05) is 0 Å². The number of ether oxygens (including phenoxy) is 1. The fraction of sp³-hybridized carbons (Fsp3) is 0.235. The SMILES string of the molecule is CC1(C)Cc2cc(-c3ccc(Cl)cc3C=O)ccc2O1. The number of rotatable bonds is 2. The molecule has 0 saturated carbocycles. The standard InChI is InChI=1S/C17H15ClO2/c1-17(2)9-12-7-11(3-6-16(12)20-17)15-5-4-14(18)8-13(15)10-19/h3-8,10H,9H2,1-2H3. The summed E-state index contributed by atoms with van der Waals surface area (Å²) in [7, 11) is 0. The number of aldehydes is 1. The first kappa shape index (κ1) is 13.2. The van der Waals surface area contributed by atoms with Gasteiger partial charge in [-0.3, -0.25) is 4.79 Å². The maximum absolute atomic E-state index is 11.2. The van der Waals surface area contributed by atoms with Crippen LogP contribution in [0.5, 0.6) is 5.75 Å². The lowest BCUT2D eigenvalue weighted by molar-refractivity contribution is 0.112. The van der Waals surface area contributed by atoms with Crippen LogP contribution in [0.1, 0.15) is 29.8 Å². The van der Waals surface area contributed by atoms with Crippen LogP contribution < -0.4 is 4.74 Å². The van der Waals surface area contributed by atoms with Gasteiger partial charge in [-0.15, -0.1) is 0 Å². The summed E-state index contributed by atoms with van der Waals surface area (Å²) in [6.45, 7) is 4.15. The molecule has 102 valence electrons. The molecule has 0 spiro atoms. The zero-order chi connectivity index (χ0) is 14.3. The highest BCUT2D eigenvalue weighted by Gasteiger charge is 2.30. The molecular formula is C17H15ClO2. The number of carbonyl (C=O) groups is 1. The third-order valence-corrected chi connectivity index (χ3v) is 3.75. The average Bonchev–Trinajstić information content (AvgIpc) is 2.71. The summed E-state index contributed by atoms with van der Waals surface area (Å²) < 4.78 is 5.87. The van der Waals surface area contributed by atoms with E-state index in [0.717, 1.165) is 29.6 Å². The fourth-order valence-electron chi connectivity index (χ4n) is 2.67. The van der Waals surface area contributed by atoms with E-state index in [-0.39, 0.29) is 5.60 Å². The molecule has 0 amide bonds. The van der Waals surface area contributed by atoms with E-state index in [1.807, 2.05) is 18.2 Å². The van der Waals surface area contributed by atoms with Crippen molar-refractivity contribution in [1.82, 2.24) is 0 Å². The second kappa shape index (κ2) is 4.64. The lowest BCUT2D eigenvalue weighted by atomic mass is 9.95. The van der Waals surface area contributed by atoms with Crippen LogP contribution in [0.3, 0.4) is 0 Å². The predicted octanol–water partition coefficient (Wildman–Crippen LogP) is 4.53. The molecule has 2 aromatic rings. The Labute approximate surface area is 123 Å². The van der Waals surface area contributed by atoms with E-state index in [1.54, 1.807) is 12.1 Å². The number of fused-ring (bicyclic) bond motifs is 1. The van der Waals surface area contributed by atoms with Gasteiger partial charge in [0.25, 0.3) is 0 Å². The van der Waals surface area contributed by atoms with Crippen LogP contribution in [0.25, 0.3) is 11.1 Å². The van der Waals surface area contributed by atoms with Crippen LogP contribution in [0.4, 0.5) is 0 Å². The van der Waals surface area contributed by atoms with Gasteiger partial charge in [0, 0.05) is 17.0 Å². The van der Waals surface area contributed by atoms with Gasteiger partial charge in [0.05, 0.1) is 0 Å². The number of benzene rings is 2. The Hall–Kier alpha value is -1.80. The van der Waals surface area contributed by atoms with Gasteiger partial charge in [0.15, 0.2) is 6.29 Å². The van der Waals surface area contributed by atoms with E-state index in [1.165, 1.54) is 5.56 Å². The Morgan fingerprint density at radius 3 is 2.75 bits per heavy atom. The van der Waals surface area contributed by atoms with Crippen LogP contribution in [0, 0.1) is 0 Å². The normalized spacial score (nSPS) is 15.6. The summed E-state index contributed by atoms with van der Waals surface area (Å²) in [5, 5.41) is 0.571. The number of hydrogen-bond acceptors (Lipinski definition) is 2. The molecule has 0 aromatic heterocycles. The minimum absolute atomic E-state index is 0.158. The lowest BCUT2D eigenvalue weighted by Crippen LogP contribution is -2.24. The average molecular weight is 287 g/mol. The van der Waals surface area contributed by atoms with Crippen LogP contribution in [-0.4, -0.2) is 11.9 Å². The predicted molar refractivity (Wildman–Crippen MR) is 80.7 cm³/mol. The molecule has 0 saturated heterocycles. The first-order chi connectivity index (χ1) is 9.48. The molecule has 3 rings (SSSR count). The molecular weight excluding hydrogens is 272 g/mol. The Morgan fingerprint density at radius 1 is 1.20 bits per heavy atom. The molecule has 0 aliphatic carbocycles. The topological polar surface area (TPSA) is 26.3 Å². The Kier molecular flexibility index (Phi) is 3.06. The van der Waals surface area contributed by atoms with Crippen molar-refractivity contribution >= 4 is 17.9 Å². The Morgan fingerprint density at radius 2 is 2.00 bits per heavy atom. The highest BCUT2D eigenvalue weighted by molar-refractivity contribution is 6.31. The lowest BCUT2D eigenvalue weighted by Gasteiger charge is -2.16. The van der Waals surface area contributed by atoms with E-state index >= 15 is 0 Å². The highest BCUT2D eigenvalue weighted by atomic mass is 35.5. The van der Waals surface area contributed by atoms with E-state index in [2.05, 4.69) is 19.9 Å². The fourth-order valence-corrected chi connectivity index (χ4v) is 2.85. The third kappa shape index (κ3) is 2.32. The van der Waals surface area contributed by atoms with Gasteiger partial charge in [-0.1, -0.05) is 23.7 Å². The van der Waals surface area contributed by atoms with Crippen LogP contribution in [-0.2, 0) is 6.42 Å². The minimum atomic E-state index is -0.158. The summed E-state index contributed by atoms with van der Waals surface area (Å²) in [6, 6.07) is 11.4. The van der Waals surface area contributed by atoms with Gasteiger partial charge in [-0.25, -0.2) is 0 Å². The second-order valence-electron chi connectivity index (χ2n) is 5.71. The van der Waals surface area contributed by atoms with E-state index in [9.17, 15) is 4.79 Å². The Balaban J connectivity index is 2.07. The summed E-state index contributed by atoms with van der Waals surface area (Å²) in [6.07, 6.45) is 1.72. The van der Waals surface area contributed by atoms with Crippen molar-refractivity contribution in [3.63, 3.8) is 0 Å². The summed E-state index contributed by atoms with van der Waals surface area (Å²) in [5.74, 6) is 0.931. The molecule has 0 fully saturated rings. The Bertz CT molecular complexity index is 689. The summed E-state index contributed by atoms with van der Waals surface area (Å²) in [4.78, 5) is 11.2. The van der Waals surface area contributed by atoms with Gasteiger partial charge in [0.1, 0.15) is 11.4 Å². The molecule has 2 nitrogen and oxygen atoms in total. The number of halogens is 1. The molecule has 20 heavy (non-hydrogen) atoms. The molecule has 1 heterocycles. The van der Waals surface area contributed by atoms with Crippen molar-refractivity contribution in [2.45, 2.75) is 25.9 Å². The summed E-state index contributed by atoms with van der Waals surface area (Å²) in [5.41, 5.74) is 3.55. The van der Waals surface area contributed by atoms with E-state index in [4.69, 9.17) is 16.3 Å². The molecule has 0 bridgehead atoms. The van der Waals surface area contributed by atoms with Gasteiger partial charge in [0.2, 0.25) is 0 Å². The largest absolute Gasteiger partial charge is 0.487 e. The van der Waals surface area contributed by atoms with E-state index in [0.29, 0.717) is 10.6 Å². The molecule has 1 aliphatic heterocycles. The summed E-state index contributed by atoms with van der Waals surface area (Å²) >= 11 is 5.94. The highest BCUT2D eigenvalue weighted by Crippen LogP contribution is 2.38. The monoisotopic (exact) mass is 286 g/mol. The molecule has 0 atom stereocenters. The quantitative estimate of drug-likeness (QED) is 0.758. The maximum Gasteiger partial charge on any atom is 0.150 e. The zero-order valence-corrected chi connectivity index (χ0v) is 12.2. The molecule has 1 aliphatic rings.